The number of piperazine rings is 1. The third-order valence-electron chi connectivity index (χ3n) is 5.95. The topological polar surface area (TPSA) is 87.2 Å². The van der Waals surface area contributed by atoms with Crippen LogP contribution in [-0.2, 0) is 0 Å². The van der Waals surface area contributed by atoms with Gasteiger partial charge in [0.15, 0.2) is 0 Å². The van der Waals surface area contributed by atoms with E-state index in [1.807, 2.05) is 6.92 Å². The van der Waals surface area contributed by atoms with Gasteiger partial charge in [0.25, 0.3) is 23.6 Å². The first-order chi connectivity index (χ1) is 15.8. The van der Waals surface area contributed by atoms with E-state index in [9.17, 15) is 19.2 Å². The van der Waals surface area contributed by atoms with Gasteiger partial charge in [-0.2, -0.15) is 0 Å². The zero-order valence-corrected chi connectivity index (χ0v) is 19.0. The van der Waals surface area contributed by atoms with Crippen molar-refractivity contribution in [2.75, 3.05) is 32.8 Å². The highest BCUT2D eigenvalue weighted by atomic mass is 16.5. The minimum absolute atomic E-state index is 0.0828. The zero-order chi connectivity index (χ0) is 23.7. The molecular weight excluding hydrogens is 422 g/mol. The number of benzene rings is 2. The van der Waals surface area contributed by atoms with Gasteiger partial charge in [0.2, 0.25) is 0 Å². The Bertz CT molecular complexity index is 1100. The molecule has 2 aromatic rings. The molecule has 1 fully saturated rings. The third kappa shape index (κ3) is 4.20. The predicted octanol–water partition coefficient (Wildman–Crippen LogP) is 2.69. The van der Waals surface area contributed by atoms with Crippen LogP contribution in [0.4, 0.5) is 0 Å². The van der Waals surface area contributed by atoms with Crippen molar-refractivity contribution < 1.29 is 23.9 Å². The lowest BCUT2D eigenvalue weighted by molar-refractivity contribution is 0.0535. The molecule has 0 aromatic heterocycles. The van der Waals surface area contributed by atoms with Crippen LogP contribution in [-0.4, -0.2) is 77.2 Å². The van der Waals surface area contributed by atoms with Gasteiger partial charge in [-0.15, -0.1) is 0 Å². The van der Waals surface area contributed by atoms with Gasteiger partial charge in [-0.1, -0.05) is 0 Å². The number of amides is 4. The first-order valence-electron chi connectivity index (χ1n) is 11.1. The second kappa shape index (κ2) is 9.05. The van der Waals surface area contributed by atoms with Crippen molar-refractivity contribution in [3.05, 3.63) is 64.7 Å². The predicted molar refractivity (Wildman–Crippen MR) is 121 cm³/mol. The maximum atomic E-state index is 13.0. The first-order valence-corrected chi connectivity index (χ1v) is 11.1. The van der Waals surface area contributed by atoms with Gasteiger partial charge in [0, 0.05) is 43.3 Å². The number of carbonyl (C=O) groups is 4. The minimum atomic E-state index is -0.370. The lowest BCUT2D eigenvalue weighted by Gasteiger charge is -2.35. The van der Waals surface area contributed by atoms with E-state index >= 15 is 0 Å². The Morgan fingerprint density at radius 2 is 1.33 bits per heavy atom. The van der Waals surface area contributed by atoms with E-state index in [1.54, 1.807) is 60.0 Å². The molecule has 0 atom stereocenters. The van der Waals surface area contributed by atoms with Crippen LogP contribution in [0.15, 0.2) is 42.5 Å². The maximum Gasteiger partial charge on any atom is 0.261 e. The summed E-state index contributed by atoms with van der Waals surface area (Å²) in [5, 5.41) is 0. The molecule has 0 saturated carbocycles. The standard InChI is InChI=1S/C25H27N3O5/c1-4-33-19-8-5-17(6-9-19)22(29)26-11-13-27(14-12-26)23(30)18-7-10-20-21(15-18)25(32)28(16(2)3)24(20)31/h5-10,15-16H,4,11-14H2,1-3H3. The normalized spacial score (nSPS) is 15.8. The molecule has 4 amide bonds. The summed E-state index contributed by atoms with van der Waals surface area (Å²) in [6.45, 7) is 7.65. The number of carbonyl (C=O) groups excluding carboxylic acids is 4. The van der Waals surface area contributed by atoms with E-state index in [4.69, 9.17) is 4.74 Å². The summed E-state index contributed by atoms with van der Waals surface area (Å²) in [5.41, 5.74) is 1.54. The van der Waals surface area contributed by atoms with Gasteiger partial charge < -0.3 is 14.5 Å². The molecule has 33 heavy (non-hydrogen) atoms. The Morgan fingerprint density at radius 3 is 1.88 bits per heavy atom. The monoisotopic (exact) mass is 449 g/mol. The highest BCUT2D eigenvalue weighted by molar-refractivity contribution is 6.22. The van der Waals surface area contributed by atoms with Gasteiger partial charge in [-0.25, -0.2) is 0 Å². The summed E-state index contributed by atoms with van der Waals surface area (Å²) in [6, 6.07) is 11.4. The summed E-state index contributed by atoms with van der Waals surface area (Å²) < 4.78 is 5.41. The zero-order valence-electron chi connectivity index (χ0n) is 19.0. The highest BCUT2D eigenvalue weighted by Crippen LogP contribution is 2.26. The molecule has 4 rings (SSSR count). The number of nitrogens with zero attached hydrogens (tertiary/aromatic N) is 3. The van der Waals surface area contributed by atoms with E-state index in [1.165, 1.54) is 11.0 Å². The molecule has 0 bridgehead atoms. The fourth-order valence-electron chi connectivity index (χ4n) is 4.20. The average Bonchev–Trinajstić information content (AvgIpc) is 3.08. The van der Waals surface area contributed by atoms with Crippen LogP contribution < -0.4 is 4.74 Å². The molecule has 0 unspecified atom stereocenters. The molecule has 0 aliphatic carbocycles. The molecule has 2 heterocycles. The Morgan fingerprint density at radius 1 is 0.818 bits per heavy atom. The highest BCUT2D eigenvalue weighted by Gasteiger charge is 2.38. The molecule has 8 heteroatoms. The summed E-state index contributed by atoms with van der Waals surface area (Å²) in [7, 11) is 0. The number of imide groups is 1. The number of ether oxygens (including phenoxy) is 1. The molecule has 2 aromatic carbocycles. The molecule has 2 aliphatic heterocycles. The number of rotatable bonds is 5. The molecular formula is C25H27N3O5. The summed E-state index contributed by atoms with van der Waals surface area (Å²) in [4.78, 5) is 55.6. The first kappa shape index (κ1) is 22.5. The quantitative estimate of drug-likeness (QED) is 0.655. The van der Waals surface area contributed by atoms with Crippen molar-refractivity contribution >= 4 is 23.6 Å². The fourth-order valence-corrected chi connectivity index (χ4v) is 4.20. The smallest absolute Gasteiger partial charge is 0.261 e. The van der Waals surface area contributed by atoms with Gasteiger partial charge >= 0.3 is 0 Å². The van der Waals surface area contributed by atoms with E-state index in [-0.39, 0.29) is 35.2 Å². The van der Waals surface area contributed by atoms with Crippen LogP contribution in [0.3, 0.4) is 0 Å². The molecule has 0 spiro atoms. The van der Waals surface area contributed by atoms with Crippen LogP contribution in [0.1, 0.15) is 62.2 Å². The van der Waals surface area contributed by atoms with Gasteiger partial charge in [-0.3, -0.25) is 24.1 Å². The Balaban J connectivity index is 1.41. The van der Waals surface area contributed by atoms with E-state index in [0.717, 1.165) is 5.75 Å². The molecule has 8 nitrogen and oxygen atoms in total. The van der Waals surface area contributed by atoms with Crippen molar-refractivity contribution in [1.82, 2.24) is 14.7 Å². The van der Waals surface area contributed by atoms with Gasteiger partial charge in [0.05, 0.1) is 17.7 Å². The van der Waals surface area contributed by atoms with Crippen LogP contribution in [0.2, 0.25) is 0 Å². The van der Waals surface area contributed by atoms with Crippen molar-refractivity contribution in [3.8, 4) is 5.75 Å². The second-order valence-corrected chi connectivity index (χ2v) is 8.38. The summed E-state index contributed by atoms with van der Waals surface area (Å²) >= 11 is 0. The Kier molecular flexibility index (Phi) is 6.18. The fraction of sp³-hybridized carbons (Fsp3) is 0.360. The number of hydrogen-bond acceptors (Lipinski definition) is 5. The minimum Gasteiger partial charge on any atom is -0.494 e. The van der Waals surface area contributed by atoms with Crippen LogP contribution in [0.5, 0.6) is 5.75 Å². The van der Waals surface area contributed by atoms with Crippen LogP contribution >= 0.6 is 0 Å². The number of hydrogen-bond donors (Lipinski definition) is 0. The summed E-state index contributed by atoms with van der Waals surface area (Å²) in [6.07, 6.45) is 0. The van der Waals surface area contributed by atoms with Crippen molar-refractivity contribution in [2.45, 2.75) is 26.8 Å². The Labute approximate surface area is 192 Å². The van der Waals surface area contributed by atoms with E-state index in [2.05, 4.69) is 0 Å². The van der Waals surface area contributed by atoms with Crippen LogP contribution in [0.25, 0.3) is 0 Å². The molecule has 172 valence electrons. The van der Waals surface area contributed by atoms with E-state index < -0.39 is 0 Å². The second-order valence-electron chi connectivity index (χ2n) is 8.38. The number of fused-ring (bicyclic) bond motifs is 1. The van der Waals surface area contributed by atoms with Crippen molar-refractivity contribution in [1.29, 1.82) is 0 Å². The molecule has 2 aliphatic rings. The van der Waals surface area contributed by atoms with Gasteiger partial charge in [0.1, 0.15) is 5.75 Å². The van der Waals surface area contributed by atoms with Crippen molar-refractivity contribution in [2.24, 2.45) is 0 Å². The lowest BCUT2D eigenvalue weighted by atomic mass is 10.0. The van der Waals surface area contributed by atoms with Crippen LogP contribution in [0, 0.1) is 0 Å². The third-order valence-corrected chi connectivity index (χ3v) is 5.95. The molecule has 1 saturated heterocycles. The SMILES string of the molecule is CCOc1ccc(C(=O)N2CCN(C(=O)c3ccc4c(c3)C(=O)N(C(C)C)C4=O)CC2)cc1. The summed E-state index contributed by atoms with van der Waals surface area (Å²) in [5.74, 6) is -0.277. The average molecular weight is 450 g/mol. The molecule has 0 radical (unpaired) electrons. The maximum absolute atomic E-state index is 13.0. The lowest BCUT2D eigenvalue weighted by Crippen LogP contribution is -2.50. The van der Waals surface area contributed by atoms with Crippen molar-refractivity contribution in [3.63, 3.8) is 0 Å². The molecule has 0 N–H and O–H groups in total. The largest absolute Gasteiger partial charge is 0.494 e. The van der Waals surface area contributed by atoms with Gasteiger partial charge in [-0.05, 0) is 63.2 Å². The van der Waals surface area contributed by atoms with E-state index in [0.29, 0.717) is 49.5 Å². The Hall–Kier alpha value is -3.68.